The Balaban J connectivity index is 1.98. The van der Waals surface area contributed by atoms with Crippen molar-refractivity contribution >= 4 is 0 Å². The summed E-state index contributed by atoms with van der Waals surface area (Å²) in [5, 5.41) is 10.5. The van der Waals surface area contributed by atoms with E-state index < -0.39 is 6.10 Å². The van der Waals surface area contributed by atoms with Gasteiger partial charge in [-0.2, -0.15) is 0 Å². The second kappa shape index (κ2) is 6.77. The van der Waals surface area contributed by atoms with Crippen molar-refractivity contribution in [2.45, 2.75) is 50.9 Å². The van der Waals surface area contributed by atoms with Crippen LogP contribution in [0.1, 0.15) is 43.9 Å². The molecule has 4 nitrogen and oxygen atoms in total. The summed E-state index contributed by atoms with van der Waals surface area (Å²) >= 11 is 0. The predicted molar refractivity (Wildman–Crippen MR) is 81.7 cm³/mol. The minimum absolute atomic E-state index is 0.155. The second-order valence-electron chi connectivity index (χ2n) is 6.17. The zero-order chi connectivity index (χ0) is 15.5. The summed E-state index contributed by atoms with van der Waals surface area (Å²) < 4.78 is 16.5. The van der Waals surface area contributed by atoms with Gasteiger partial charge in [0.1, 0.15) is 11.9 Å². The summed E-state index contributed by atoms with van der Waals surface area (Å²) in [6, 6.07) is 5.88. The van der Waals surface area contributed by atoms with Crippen molar-refractivity contribution in [1.82, 2.24) is 0 Å². The molecule has 1 N–H and O–H groups in total. The minimum atomic E-state index is -0.588. The molecule has 1 aromatic carbocycles. The zero-order valence-electron chi connectivity index (χ0n) is 13.4. The van der Waals surface area contributed by atoms with Crippen LogP contribution in [0.15, 0.2) is 18.2 Å². The smallest absolute Gasteiger partial charge is 0.119 e. The number of ether oxygens (including phenoxy) is 3. The number of hydrogen-bond acceptors (Lipinski definition) is 4. The van der Waals surface area contributed by atoms with Gasteiger partial charge in [0, 0.05) is 13.7 Å². The molecule has 2 rings (SSSR count). The standard InChI is InChI=1S/C17H26O4/c1-17(2,20-4)9-10-21-15-8-6-12-5-7-13(19-3)11-14(12)16(15)18/h5,7,11,15-16,18H,6,8-10H2,1-4H3. The molecule has 1 aliphatic rings. The largest absolute Gasteiger partial charge is 0.497 e. The molecule has 118 valence electrons. The lowest BCUT2D eigenvalue weighted by atomic mass is 9.87. The molecule has 0 saturated heterocycles. The first kappa shape index (κ1) is 16.3. The van der Waals surface area contributed by atoms with Gasteiger partial charge in [-0.3, -0.25) is 0 Å². The van der Waals surface area contributed by atoms with Crippen LogP contribution in [0.5, 0.6) is 5.75 Å². The van der Waals surface area contributed by atoms with Crippen LogP contribution in [-0.4, -0.2) is 37.6 Å². The van der Waals surface area contributed by atoms with Crippen LogP contribution in [0.25, 0.3) is 0 Å². The fraction of sp³-hybridized carbons (Fsp3) is 0.647. The first-order chi connectivity index (χ1) is 9.96. The molecule has 0 amide bonds. The van der Waals surface area contributed by atoms with E-state index in [9.17, 15) is 5.11 Å². The molecule has 1 aliphatic carbocycles. The van der Waals surface area contributed by atoms with Crippen LogP contribution >= 0.6 is 0 Å². The minimum Gasteiger partial charge on any atom is -0.497 e. The van der Waals surface area contributed by atoms with E-state index in [0.717, 1.165) is 30.6 Å². The van der Waals surface area contributed by atoms with Gasteiger partial charge in [0.2, 0.25) is 0 Å². The summed E-state index contributed by atoms with van der Waals surface area (Å²) in [5.41, 5.74) is 1.91. The molecule has 2 atom stereocenters. The SMILES string of the molecule is COc1ccc2c(c1)C(O)C(OCCC(C)(C)OC)CC2. The third-order valence-corrected chi connectivity index (χ3v) is 4.31. The van der Waals surface area contributed by atoms with E-state index in [2.05, 4.69) is 0 Å². The van der Waals surface area contributed by atoms with E-state index in [1.54, 1.807) is 14.2 Å². The Morgan fingerprint density at radius 3 is 2.71 bits per heavy atom. The summed E-state index contributed by atoms with van der Waals surface area (Å²) in [6.07, 6.45) is 1.83. The molecule has 0 fully saturated rings. The average molecular weight is 294 g/mol. The van der Waals surface area contributed by atoms with Crippen molar-refractivity contribution < 1.29 is 19.3 Å². The van der Waals surface area contributed by atoms with E-state index in [1.807, 2.05) is 32.0 Å². The molecule has 4 heteroatoms. The fourth-order valence-electron chi connectivity index (χ4n) is 2.59. The van der Waals surface area contributed by atoms with Gasteiger partial charge < -0.3 is 19.3 Å². The monoisotopic (exact) mass is 294 g/mol. The average Bonchev–Trinajstić information content (AvgIpc) is 2.49. The third-order valence-electron chi connectivity index (χ3n) is 4.31. The highest BCUT2D eigenvalue weighted by molar-refractivity contribution is 5.39. The first-order valence-electron chi connectivity index (χ1n) is 7.48. The van der Waals surface area contributed by atoms with Gasteiger partial charge in [0.25, 0.3) is 0 Å². The maximum atomic E-state index is 10.5. The molecule has 0 saturated carbocycles. The number of aliphatic hydroxyl groups excluding tert-OH is 1. The number of hydrogen-bond donors (Lipinski definition) is 1. The maximum Gasteiger partial charge on any atom is 0.119 e. The van der Waals surface area contributed by atoms with E-state index in [-0.39, 0.29) is 11.7 Å². The number of aryl methyl sites for hydroxylation is 1. The van der Waals surface area contributed by atoms with E-state index in [4.69, 9.17) is 14.2 Å². The molecule has 2 unspecified atom stereocenters. The number of aliphatic hydroxyl groups is 1. The number of rotatable bonds is 6. The van der Waals surface area contributed by atoms with Crippen LogP contribution in [-0.2, 0) is 15.9 Å². The lowest BCUT2D eigenvalue weighted by Crippen LogP contribution is -2.31. The van der Waals surface area contributed by atoms with E-state index >= 15 is 0 Å². The second-order valence-corrected chi connectivity index (χ2v) is 6.17. The Labute approximate surface area is 127 Å². The van der Waals surface area contributed by atoms with Crippen LogP contribution in [0.4, 0.5) is 0 Å². The molecule has 0 heterocycles. The Bertz CT molecular complexity index is 470. The van der Waals surface area contributed by atoms with Gasteiger partial charge in [0.15, 0.2) is 0 Å². The highest BCUT2D eigenvalue weighted by Gasteiger charge is 2.29. The summed E-state index contributed by atoms with van der Waals surface area (Å²) in [5.74, 6) is 0.772. The summed E-state index contributed by atoms with van der Waals surface area (Å²) in [7, 11) is 3.34. The van der Waals surface area contributed by atoms with Crippen LogP contribution < -0.4 is 4.74 Å². The highest BCUT2D eigenvalue weighted by Crippen LogP contribution is 2.34. The van der Waals surface area contributed by atoms with Crippen LogP contribution in [0.3, 0.4) is 0 Å². The summed E-state index contributed by atoms with van der Waals surface area (Å²) in [4.78, 5) is 0. The molecule has 0 bridgehead atoms. The van der Waals surface area contributed by atoms with Gasteiger partial charge in [-0.1, -0.05) is 6.07 Å². The Hall–Kier alpha value is -1.10. The molecule has 0 spiro atoms. The van der Waals surface area contributed by atoms with Gasteiger partial charge >= 0.3 is 0 Å². The highest BCUT2D eigenvalue weighted by atomic mass is 16.5. The topological polar surface area (TPSA) is 47.9 Å². The molecular weight excluding hydrogens is 268 g/mol. The van der Waals surface area contributed by atoms with E-state index in [1.165, 1.54) is 5.56 Å². The Morgan fingerprint density at radius 2 is 2.05 bits per heavy atom. The van der Waals surface area contributed by atoms with Crippen molar-refractivity contribution in [2.75, 3.05) is 20.8 Å². The van der Waals surface area contributed by atoms with Gasteiger partial charge in [-0.15, -0.1) is 0 Å². The normalized spacial score (nSPS) is 22.0. The lowest BCUT2D eigenvalue weighted by molar-refractivity contribution is -0.0718. The molecule has 21 heavy (non-hydrogen) atoms. The zero-order valence-corrected chi connectivity index (χ0v) is 13.4. The third kappa shape index (κ3) is 3.96. The van der Waals surface area contributed by atoms with Crippen molar-refractivity contribution in [2.24, 2.45) is 0 Å². The van der Waals surface area contributed by atoms with Crippen LogP contribution in [0.2, 0.25) is 0 Å². The molecule has 0 aromatic heterocycles. The first-order valence-corrected chi connectivity index (χ1v) is 7.48. The van der Waals surface area contributed by atoms with Gasteiger partial charge in [-0.25, -0.2) is 0 Å². The number of benzene rings is 1. The maximum absolute atomic E-state index is 10.5. The van der Waals surface area contributed by atoms with Crippen molar-refractivity contribution in [3.8, 4) is 5.75 Å². The van der Waals surface area contributed by atoms with Crippen LogP contribution in [0, 0.1) is 0 Å². The Morgan fingerprint density at radius 1 is 1.29 bits per heavy atom. The molecular formula is C17H26O4. The quantitative estimate of drug-likeness (QED) is 0.876. The molecule has 0 radical (unpaired) electrons. The summed E-state index contributed by atoms with van der Waals surface area (Å²) in [6.45, 7) is 4.66. The van der Waals surface area contributed by atoms with Crippen molar-refractivity contribution in [3.63, 3.8) is 0 Å². The predicted octanol–water partition coefficient (Wildman–Crippen LogP) is 2.88. The fourth-order valence-corrected chi connectivity index (χ4v) is 2.59. The van der Waals surface area contributed by atoms with E-state index in [0.29, 0.717) is 6.61 Å². The van der Waals surface area contributed by atoms with Crippen molar-refractivity contribution in [1.29, 1.82) is 0 Å². The lowest BCUT2D eigenvalue weighted by Gasteiger charge is -2.31. The Kier molecular flexibility index (Phi) is 5.25. The molecule has 0 aliphatic heterocycles. The van der Waals surface area contributed by atoms with Gasteiger partial charge in [0.05, 0.1) is 18.8 Å². The number of methoxy groups -OCH3 is 2. The van der Waals surface area contributed by atoms with Crippen molar-refractivity contribution in [3.05, 3.63) is 29.3 Å². The van der Waals surface area contributed by atoms with Gasteiger partial charge in [-0.05, 0) is 56.4 Å². The number of fused-ring (bicyclic) bond motifs is 1. The molecule has 1 aromatic rings.